The minimum atomic E-state index is -0.470. The fraction of sp³-hybridized carbons (Fsp3) is 0.724. The van der Waals surface area contributed by atoms with Crippen molar-refractivity contribution in [1.82, 2.24) is 0 Å². The van der Waals surface area contributed by atoms with Crippen LogP contribution >= 0.6 is 0 Å². The quantitative estimate of drug-likeness (QED) is 0.238. The summed E-state index contributed by atoms with van der Waals surface area (Å²) in [4.78, 5) is 24.6. The van der Waals surface area contributed by atoms with Gasteiger partial charge in [-0.1, -0.05) is 96.8 Å². The lowest BCUT2D eigenvalue weighted by Crippen LogP contribution is -2.35. The van der Waals surface area contributed by atoms with E-state index in [1.165, 1.54) is 83.5 Å². The molecule has 0 saturated carbocycles. The summed E-state index contributed by atoms with van der Waals surface area (Å²) in [6.07, 6.45) is 20.7. The predicted molar refractivity (Wildman–Crippen MR) is 138 cm³/mol. The Balaban J connectivity index is 1.47. The molecule has 0 aliphatic carbocycles. The van der Waals surface area contributed by atoms with Gasteiger partial charge >= 0.3 is 0 Å². The van der Waals surface area contributed by atoms with Crippen LogP contribution in [0.2, 0.25) is 0 Å². The van der Waals surface area contributed by atoms with Crippen LogP contribution in [-0.2, 0) is 4.79 Å². The van der Waals surface area contributed by atoms with Crippen LogP contribution in [0.1, 0.15) is 140 Å². The Labute approximate surface area is 202 Å². The fourth-order valence-electron chi connectivity index (χ4n) is 4.61. The largest absolute Gasteiger partial charge is 0.487 e. The molecule has 33 heavy (non-hydrogen) atoms. The Morgan fingerprint density at radius 2 is 1.36 bits per heavy atom. The number of unbranched alkanes of at least 4 members (excludes halogenated alkanes) is 14. The Hall–Kier alpha value is -1.84. The summed E-state index contributed by atoms with van der Waals surface area (Å²) in [6.45, 7) is 6.11. The van der Waals surface area contributed by atoms with Gasteiger partial charge in [0.25, 0.3) is 0 Å². The lowest BCUT2D eigenvalue weighted by atomic mass is 9.93. The maximum atomic E-state index is 12.4. The van der Waals surface area contributed by atoms with Crippen LogP contribution < -0.4 is 10.1 Å². The summed E-state index contributed by atoms with van der Waals surface area (Å²) in [7, 11) is 0. The molecule has 4 nitrogen and oxygen atoms in total. The van der Waals surface area contributed by atoms with E-state index < -0.39 is 5.60 Å². The third-order valence-corrected chi connectivity index (χ3v) is 6.54. The number of ether oxygens (including phenoxy) is 1. The first kappa shape index (κ1) is 27.4. The number of ketones is 1. The van der Waals surface area contributed by atoms with Gasteiger partial charge in [-0.15, -0.1) is 0 Å². The van der Waals surface area contributed by atoms with Crippen molar-refractivity contribution in [2.75, 3.05) is 5.32 Å². The molecule has 2 rings (SSSR count). The number of rotatable bonds is 17. The minimum absolute atomic E-state index is 0.0224. The van der Waals surface area contributed by atoms with E-state index in [9.17, 15) is 9.59 Å². The van der Waals surface area contributed by atoms with Crippen LogP contribution in [0.25, 0.3) is 0 Å². The van der Waals surface area contributed by atoms with Crippen molar-refractivity contribution in [3.05, 3.63) is 23.8 Å². The number of anilines is 1. The van der Waals surface area contributed by atoms with Crippen LogP contribution in [0, 0.1) is 0 Å². The van der Waals surface area contributed by atoms with Gasteiger partial charge in [0.2, 0.25) is 5.91 Å². The number of benzene rings is 1. The number of fused-ring (bicyclic) bond motifs is 1. The molecule has 0 atom stereocenters. The van der Waals surface area contributed by atoms with Crippen LogP contribution in [-0.4, -0.2) is 17.3 Å². The molecule has 1 aromatic carbocycles. The molecule has 0 spiro atoms. The molecule has 0 bridgehead atoms. The third kappa shape index (κ3) is 11.2. The average Bonchev–Trinajstić information content (AvgIpc) is 2.76. The van der Waals surface area contributed by atoms with Gasteiger partial charge in [-0.25, -0.2) is 0 Å². The molecule has 1 aliphatic rings. The van der Waals surface area contributed by atoms with Gasteiger partial charge in [0.1, 0.15) is 11.4 Å². The van der Waals surface area contributed by atoms with Crippen LogP contribution in [0.15, 0.2) is 18.2 Å². The van der Waals surface area contributed by atoms with Crippen molar-refractivity contribution in [3.8, 4) is 5.75 Å². The minimum Gasteiger partial charge on any atom is -0.487 e. The van der Waals surface area contributed by atoms with Gasteiger partial charge in [0.05, 0.1) is 12.0 Å². The summed E-state index contributed by atoms with van der Waals surface area (Å²) in [6, 6.07) is 5.35. The number of hydrogen-bond donors (Lipinski definition) is 1. The van der Waals surface area contributed by atoms with Gasteiger partial charge < -0.3 is 10.1 Å². The first-order chi connectivity index (χ1) is 15.9. The number of carbonyl (C=O) groups is 2. The monoisotopic (exact) mass is 457 g/mol. The molecule has 1 N–H and O–H groups in total. The smallest absolute Gasteiger partial charge is 0.224 e. The van der Waals surface area contributed by atoms with Gasteiger partial charge in [-0.2, -0.15) is 0 Å². The Morgan fingerprint density at radius 1 is 0.848 bits per heavy atom. The van der Waals surface area contributed by atoms with E-state index in [4.69, 9.17) is 4.74 Å². The van der Waals surface area contributed by atoms with Gasteiger partial charge in [-0.05, 0) is 38.5 Å². The lowest BCUT2D eigenvalue weighted by molar-refractivity contribution is -0.116. The topological polar surface area (TPSA) is 55.4 Å². The number of Topliss-reactive ketones (excluding diaryl/α,β-unsaturated/α-hetero) is 1. The Kier molecular flexibility index (Phi) is 12.6. The second-order valence-electron chi connectivity index (χ2n) is 10.4. The second kappa shape index (κ2) is 15.1. The first-order valence-electron chi connectivity index (χ1n) is 13.6. The van der Waals surface area contributed by atoms with Crippen molar-refractivity contribution >= 4 is 17.4 Å². The van der Waals surface area contributed by atoms with Crippen molar-refractivity contribution < 1.29 is 14.3 Å². The third-order valence-electron chi connectivity index (χ3n) is 6.54. The van der Waals surface area contributed by atoms with Crippen molar-refractivity contribution in [3.63, 3.8) is 0 Å². The lowest BCUT2D eigenvalue weighted by Gasteiger charge is -2.31. The second-order valence-corrected chi connectivity index (χ2v) is 10.4. The molecular formula is C29H47NO3. The van der Waals surface area contributed by atoms with Crippen molar-refractivity contribution in [2.24, 2.45) is 0 Å². The molecular weight excluding hydrogens is 410 g/mol. The maximum Gasteiger partial charge on any atom is 0.224 e. The highest BCUT2D eigenvalue weighted by Gasteiger charge is 2.32. The highest BCUT2D eigenvalue weighted by Crippen LogP contribution is 2.34. The predicted octanol–water partition coefficient (Wildman–Crippen LogP) is 8.63. The van der Waals surface area contributed by atoms with E-state index in [1.54, 1.807) is 12.1 Å². The standard InChI is InChI=1S/C29H47NO3/c1-4-5-6-7-8-9-10-11-12-13-14-15-16-17-18-19-28(32)30-24-20-21-27-25(22-24)26(31)23-29(2,3)33-27/h20-22H,4-19,23H2,1-3H3,(H,30,32). The molecule has 1 aliphatic heterocycles. The van der Waals surface area contributed by atoms with E-state index in [2.05, 4.69) is 12.2 Å². The summed E-state index contributed by atoms with van der Waals surface area (Å²) < 4.78 is 5.88. The molecule has 1 heterocycles. The van der Waals surface area contributed by atoms with E-state index >= 15 is 0 Å². The zero-order valence-electron chi connectivity index (χ0n) is 21.5. The van der Waals surface area contributed by atoms with Crippen LogP contribution in [0.4, 0.5) is 5.69 Å². The molecule has 0 radical (unpaired) electrons. The summed E-state index contributed by atoms with van der Waals surface area (Å²) in [5.41, 5.74) is 0.776. The Morgan fingerprint density at radius 3 is 1.91 bits per heavy atom. The Bertz CT molecular complexity index is 726. The molecule has 0 unspecified atom stereocenters. The van der Waals surface area contributed by atoms with Crippen molar-refractivity contribution in [1.29, 1.82) is 0 Å². The van der Waals surface area contributed by atoms with Gasteiger partial charge in [0.15, 0.2) is 5.78 Å². The molecule has 4 heteroatoms. The fourth-order valence-corrected chi connectivity index (χ4v) is 4.61. The average molecular weight is 458 g/mol. The van der Waals surface area contributed by atoms with Gasteiger partial charge in [0, 0.05) is 12.1 Å². The molecule has 186 valence electrons. The highest BCUT2D eigenvalue weighted by atomic mass is 16.5. The molecule has 1 amide bonds. The zero-order valence-corrected chi connectivity index (χ0v) is 21.5. The number of carbonyl (C=O) groups excluding carboxylic acids is 2. The molecule has 0 fully saturated rings. The van der Waals surface area contributed by atoms with Crippen molar-refractivity contribution in [2.45, 2.75) is 136 Å². The molecule has 0 aromatic heterocycles. The van der Waals surface area contributed by atoms with E-state index in [0.717, 1.165) is 12.8 Å². The van der Waals surface area contributed by atoms with E-state index in [0.29, 0.717) is 29.8 Å². The zero-order chi connectivity index (χ0) is 23.9. The molecule has 0 saturated heterocycles. The number of amides is 1. The highest BCUT2D eigenvalue weighted by molar-refractivity contribution is 6.02. The normalized spacial score (nSPS) is 14.6. The van der Waals surface area contributed by atoms with Crippen LogP contribution in [0.3, 0.4) is 0 Å². The van der Waals surface area contributed by atoms with Gasteiger partial charge in [-0.3, -0.25) is 9.59 Å². The maximum absolute atomic E-state index is 12.4. The summed E-state index contributed by atoms with van der Waals surface area (Å²) >= 11 is 0. The SMILES string of the molecule is CCCCCCCCCCCCCCCCCC(=O)Nc1ccc2c(c1)C(=O)CC(C)(C)O2. The number of nitrogens with one attached hydrogen (secondary N) is 1. The molecule has 1 aromatic rings. The van der Waals surface area contributed by atoms with E-state index in [-0.39, 0.29) is 11.7 Å². The first-order valence-corrected chi connectivity index (χ1v) is 13.6. The number of hydrogen-bond acceptors (Lipinski definition) is 3. The van der Waals surface area contributed by atoms with E-state index in [1.807, 2.05) is 19.9 Å². The van der Waals surface area contributed by atoms with Crippen LogP contribution in [0.5, 0.6) is 5.75 Å². The summed E-state index contributed by atoms with van der Waals surface area (Å²) in [5, 5.41) is 2.94. The summed E-state index contributed by atoms with van der Waals surface area (Å²) in [5.74, 6) is 0.700.